The molecule has 2 heterocycles. The van der Waals surface area contributed by atoms with Crippen LogP contribution in [-0.4, -0.2) is 35.4 Å². The van der Waals surface area contributed by atoms with E-state index >= 15 is 0 Å². The summed E-state index contributed by atoms with van der Waals surface area (Å²) in [6.45, 7) is 3.98. The lowest BCUT2D eigenvalue weighted by molar-refractivity contribution is -0.385. The normalized spacial score (nSPS) is 10.7. The average molecular weight is 355 g/mol. The largest absolute Gasteiger partial charge is 0.322 e. The van der Waals surface area contributed by atoms with E-state index in [2.05, 4.69) is 20.5 Å². The third-order valence-corrected chi connectivity index (χ3v) is 3.82. The Morgan fingerprint density at radius 1 is 1.23 bits per heavy atom. The van der Waals surface area contributed by atoms with Crippen LogP contribution in [0.2, 0.25) is 0 Å². The molecule has 0 aliphatic carbocycles. The van der Waals surface area contributed by atoms with Gasteiger partial charge in [-0.2, -0.15) is 5.10 Å². The van der Waals surface area contributed by atoms with Gasteiger partial charge in [0.2, 0.25) is 11.6 Å². The number of benzene rings is 1. The highest BCUT2D eigenvalue weighted by Gasteiger charge is 2.29. The molecule has 0 atom stereocenters. The summed E-state index contributed by atoms with van der Waals surface area (Å²) in [6.07, 6.45) is 1.48. The highest BCUT2D eigenvalue weighted by atomic mass is 16.6. The van der Waals surface area contributed by atoms with Gasteiger partial charge in [0.25, 0.3) is 5.91 Å². The molecule has 0 saturated carbocycles. The molecular formula is C16H17N7O3. The smallest absolute Gasteiger partial charge is 0.288 e. The van der Waals surface area contributed by atoms with Gasteiger partial charge in [-0.25, -0.2) is 9.67 Å². The molecule has 10 nitrogen and oxygen atoms in total. The van der Waals surface area contributed by atoms with Crippen LogP contribution >= 0.6 is 0 Å². The van der Waals surface area contributed by atoms with Crippen LogP contribution in [0.1, 0.15) is 27.3 Å². The van der Waals surface area contributed by atoms with Gasteiger partial charge in [-0.3, -0.25) is 24.9 Å². The van der Waals surface area contributed by atoms with Crippen molar-refractivity contribution >= 4 is 17.5 Å². The van der Waals surface area contributed by atoms with Crippen LogP contribution < -0.4 is 5.32 Å². The van der Waals surface area contributed by atoms with E-state index < -0.39 is 10.8 Å². The standard InChI is InChI=1S/C16H17N7O3/c1-10-4-6-12(7-5-10)8-22-9-17-16(20-22)18-15(24)14-13(23(25)26)11(2)19-21(14)3/h4-7,9H,8H2,1-3H3,(H,18,20,24). The minimum Gasteiger partial charge on any atom is -0.288 e. The molecule has 0 fully saturated rings. The molecule has 134 valence electrons. The van der Waals surface area contributed by atoms with Crippen LogP contribution in [0.4, 0.5) is 11.6 Å². The molecule has 0 radical (unpaired) electrons. The van der Waals surface area contributed by atoms with Crippen molar-refractivity contribution in [1.29, 1.82) is 0 Å². The Hall–Kier alpha value is -3.56. The van der Waals surface area contributed by atoms with Gasteiger partial charge in [0, 0.05) is 7.05 Å². The molecule has 3 aromatic rings. The number of aromatic nitrogens is 5. The highest BCUT2D eigenvalue weighted by Crippen LogP contribution is 2.22. The lowest BCUT2D eigenvalue weighted by atomic mass is 10.1. The summed E-state index contributed by atoms with van der Waals surface area (Å²) < 4.78 is 2.75. The molecule has 1 aromatic carbocycles. The van der Waals surface area contributed by atoms with Crippen LogP contribution in [0.3, 0.4) is 0 Å². The molecule has 0 aliphatic rings. The maximum atomic E-state index is 12.4. The average Bonchev–Trinajstić information content (AvgIpc) is 3.12. The fraction of sp³-hybridized carbons (Fsp3) is 0.250. The number of hydrogen-bond donors (Lipinski definition) is 1. The number of carbonyl (C=O) groups is 1. The van der Waals surface area contributed by atoms with Crippen LogP contribution in [0.5, 0.6) is 0 Å². The first kappa shape index (κ1) is 17.3. The number of amides is 1. The molecular weight excluding hydrogens is 338 g/mol. The molecule has 1 N–H and O–H groups in total. The summed E-state index contributed by atoms with van der Waals surface area (Å²) in [5, 5.41) is 21.8. The summed E-state index contributed by atoms with van der Waals surface area (Å²) in [4.78, 5) is 27.0. The zero-order valence-corrected chi connectivity index (χ0v) is 14.5. The van der Waals surface area contributed by atoms with Crippen LogP contribution in [0, 0.1) is 24.0 Å². The second-order valence-corrected chi connectivity index (χ2v) is 5.87. The minimum absolute atomic E-state index is 0.0651. The Bertz CT molecular complexity index is 972. The van der Waals surface area contributed by atoms with E-state index in [1.807, 2.05) is 31.2 Å². The third kappa shape index (κ3) is 3.43. The van der Waals surface area contributed by atoms with Gasteiger partial charge in [0.15, 0.2) is 0 Å². The first-order valence-electron chi connectivity index (χ1n) is 7.79. The van der Waals surface area contributed by atoms with Gasteiger partial charge in [-0.05, 0) is 19.4 Å². The van der Waals surface area contributed by atoms with Gasteiger partial charge in [-0.15, -0.1) is 5.10 Å². The Morgan fingerprint density at radius 2 is 1.92 bits per heavy atom. The fourth-order valence-electron chi connectivity index (χ4n) is 2.59. The van der Waals surface area contributed by atoms with Crippen molar-refractivity contribution in [1.82, 2.24) is 24.5 Å². The van der Waals surface area contributed by atoms with E-state index in [9.17, 15) is 14.9 Å². The van der Waals surface area contributed by atoms with E-state index in [1.165, 1.54) is 25.0 Å². The van der Waals surface area contributed by atoms with Crippen molar-refractivity contribution in [2.45, 2.75) is 20.4 Å². The Balaban J connectivity index is 1.76. The third-order valence-electron chi connectivity index (χ3n) is 3.82. The summed E-state index contributed by atoms with van der Waals surface area (Å²) in [5.41, 5.74) is 1.89. The SMILES string of the molecule is Cc1ccc(Cn2cnc(NC(=O)c3c([N+](=O)[O-])c(C)nn3C)n2)cc1. The first-order valence-corrected chi connectivity index (χ1v) is 7.79. The zero-order chi connectivity index (χ0) is 18.8. The predicted molar refractivity (Wildman–Crippen MR) is 92.9 cm³/mol. The lowest BCUT2D eigenvalue weighted by Crippen LogP contribution is -2.18. The van der Waals surface area contributed by atoms with E-state index in [1.54, 1.807) is 4.68 Å². The van der Waals surface area contributed by atoms with Crippen LogP contribution in [0.25, 0.3) is 0 Å². The van der Waals surface area contributed by atoms with Gasteiger partial charge in [-0.1, -0.05) is 29.8 Å². The molecule has 0 bridgehead atoms. The lowest BCUT2D eigenvalue weighted by Gasteiger charge is -2.02. The fourth-order valence-corrected chi connectivity index (χ4v) is 2.59. The van der Waals surface area contributed by atoms with Gasteiger partial charge >= 0.3 is 5.69 Å². The molecule has 0 aliphatic heterocycles. The second kappa shape index (κ2) is 6.75. The molecule has 10 heteroatoms. The van der Waals surface area contributed by atoms with Crippen LogP contribution in [0.15, 0.2) is 30.6 Å². The molecule has 1 amide bonds. The number of anilines is 1. The van der Waals surface area contributed by atoms with Gasteiger partial charge in [0.1, 0.15) is 12.0 Å². The summed E-state index contributed by atoms with van der Waals surface area (Å²) in [6, 6.07) is 7.96. The molecule has 3 rings (SSSR count). The number of nitro groups is 1. The monoisotopic (exact) mass is 355 g/mol. The van der Waals surface area contributed by atoms with Crippen molar-refractivity contribution in [3.63, 3.8) is 0 Å². The molecule has 0 saturated heterocycles. The highest BCUT2D eigenvalue weighted by molar-refractivity contribution is 6.05. The number of carbonyl (C=O) groups excluding carboxylic acids is 1. The van der Waals surface area contributed by atoms with Crippen LogP contribution in [-0.2, 0) is 13.6 Å². The Kier molecular flexibility index (Phi) is 4.48. The maximum absolute atomic E-state index is 12.4. The Labute approximate surface area is 148 Å². The van der Waals surface area contributed by atoms with Crippen molar-refractivity contribution in [3.05, 3.63) is 63.2 Å². The van der Waals surface area contributed by atoms with Gasteiger partial charge < -0.3 is 0 Å². The van der Waals surface area contributed by atoms with E-state index in [4.69, 9.17) is 0 Å². The van der Waals surface area contributed by atoms with E-state index in [-0.39, 0.29) is 23.0 Å². The topological polar surface area (TPSA) is 121 Å². The quantitative estimate of drug-likeness (QED) is 0.550. The van der Waals surface area contributed by atoms with Crippen molar-refractivity contribution in [2.75, 3.05) is 5.32 Å². The molecule has 0 unspecified atom stereocenters. The Morgan fingerprint density at radius 3 is 2.58 bits per heavy atom. The summed E-state index contributed by atoms with van der Waals surface area (Å²) >= 11 is 0. The second-order valence-electron chi connectivity index (χ2n) is 5.87. The molecule has 2 aromatic heterocycles. The molecule has 26 heavy (non-hydrogen) atoms. The minimum atomic E-state index is -0.687. The van der Waals surface area contributed by atoms with Gasteiger partial charge in [0.05, 0.1) is 11.5 Å². The predicted octanol–water partition coefficient (Wildman–Crippen LogP) is 1.84. The van der Waals surface area contributed by atoms with Crippen molar-refractivity contribution in [3.8, 4) is 0 Å². The number of nitrogens with one attached hydrogen (secondary N) is 1. The molecule has 0 spiro atoms. The summed E-state index contributed by atoms with van der Waals surface area (Å²) in [5.74, 6) is -0.622. The zero-order valence-electron chi connectivity index (χ0n) is 14.5. The number of rotatable bonds is 5. The first-order chi connectivity index (χ1) is 12.3. The van der Waals surface area contributed by atoms with Crippen molar-refractivity contribution < 1.29 is 9.72 Å². The van der Waals surface area contributed by atoms with E-state index in [0.717, 1.165) is 11.1 Å². The maximum Gasteiger partial charge on any atom is 0.322 e. The summed E-state index contributed by atoms with van der Waals surface area (Å²) in [7, 11) is 1.47. The van der Waals surface area contributed by atoms with E-state index in [0.29, 0.717) is 6.54 Å². The van der Waals surface area contributed by atoms with Crippen molar-refractivity contribution in [2.24, 2.45) is 7.05 Å². The number of hydrogen-bond acceptors (Lipinski definition) is 6. The number of aryl methyl sites for hydroxylation is 3. The number of nitrogens with zero attached hydrogens (tertiary/aromatic N) is 6.